The van der Waals surface area contributed by atoms with Crippen LogP contribution >= 0.6 is 0 Å². The van der Waals surface area contributed by atoms with Gasteiger partial charge in [0.15, 0.2) is 6.71 Å². The first kappa shape index (κ1) is 21.7. The van der Waals surface area contributed by atoms with Crippen LogP contribution in [0.5, 0.6) is 0 Å². The lowest BCUT2D eigenvalue weighted by Gasteiger charge is -2.35. The Kier molecular flexibility index (Phi) is 4.53. The fraction of sp³-hybridized carbons (Fsp3) is 0.235. The van der Waals surface area contributed by atoms with Gasteiger partial charge in [0.1, 0.15) is 0 Å². The maximum atomic E-state index is 2.55. The first-order valence-electron chi connectivity index (χ1n) is 13.3. The molecular formula is C34H32BN. The summed E-state index contributed by atoms with van der Waals surface area (Å²) >= 11 is 0. The van der Waals surface area contributed by atoms with Gasteiger partial charge < -0.3 is 4.57 Å². The molecule has 6 aromatic rings. The molecule has 1 nitrogen and oxygen atoms in total. The zero-order valence-corrected chi connectivity index (χ0v) is 21.7. The van der Waals surface area contributed by atoms with E-state index < -0.39 is 0 Å². The molecule has 36 heavy (non-hydrogen) atoms. The molecule has 1 aliphatic rings. The van der Waals surface area contributed by atoms with Crippen LogP contribution < -0.4 is 5.46 Å². The topological polar surface area (TPSA) is 4.93 Å². The van der Waals surface area contributed by atoms with E-state index in [2.05, 4.69) is 129 Å². The molecule has 2 heterocycles. The van der Waals surface area contributed by atoms with Crippen molar-refractivity contribution in [3.05, 3.63) is 97.1 Å². The van der Waals surface area contributed by atoms with Crippen molar-refractivity contribution in [2.75, 3.05) is 0 Å². The van der Waals surface area contributed by atoms with Crippen molar-refractivity contribution >= 4 is 55.5 Å². The smallest absolute Gasteiger partial charge is 0.177 e. The fourth-order valence-corrected chi connectivity index (χ4v) is 6.91. The number of aromatic nitrogens is 1. The second-order valence-corrected chi connectivity index (χ2v) is 12.1. The van der Waals surface area contributed by atoms with Gasteiger partial charge in [0.25, 0.3) is 0 Å². The third-order valence-corrected chi connectivity index (χ3v) is 9.47. The summed E-state index contributed by atoms with van der Waals surface area (Å²) in [5.74, 6) is 0. The summed E-state index contributed by atoms with van der Waals surface area (Å²) in [4.78, 5) is 0. The molecule has 0 amide bonds. The average molecular weight is 465 g/mol. The standard InChI is InChI=1S/C34H32BN/c1-33(2)21-35(22-34(33,3)4)29-20-24-13-9-11-17-27(24)32-30(29)28-19-18-23-12-8-10-16-26(23)31(28)36(32)25-14-6-5-7-15-25/h5-20H,21-22H2,1-4H3. The Labute approximate surface area is 213 Å². The number of fused-ring (bicyclic) bond motifs is 7. The molecule has 5 aromatic carbocycles. The average Bonchev–Trinajstić information content (AvgIpc) is 3.34. The Balaban J connectivity index is 1.71. The number of nitrogens with zero attached hydrogens (tertiary/aromatic N) is 1. The molecule has 0 N–H and O–H groups in total. The Morgan fingerprint density at radius 3 is 1.86 bits per heavy atom. The predicted molar refractivity (Wildman–Crippen MR) is 158 cm³/mol. The number of para-hydroxylation sites is 1. The van der Waals surface area contributed by atoms with Gasteiger partial charge in [0, 0.05) is 27.2 Å². The lowest BCUT2D eigenvalue weighted by atomic mass is 9.41. The monoisotopic (exact) mass is 465 g/mol. The van der Waals surface area contributed by atoms with Crippen molar-refractivity contribution < 1.29 is 0 Å². The van der Waals surface area contributed by atoms with Crippen molar-refractivity contribution in [3.8, 4) is 5.69 Å². The van der Waals surface area contributed by atoms with Crippen LogP contribution in [0.3, 0.4) is 0 Å². The van der Waals surface area contributed by atoms with Crippen LogP contribution in [0, 0.1) is 10.8 Å². The van der Waals surface area contributed by atoms with Crippen LogP contribution in [0.25, 0.3) is 49.0 Å². The molecule has 1 fully saturated rings. The molecule has 1 saturated heterocycles. The summed E-state index contributed by atoms with van der Waals surface area (Å²) in [7, 11) is 0. The maximum Gasteiger partial charge on any atom is 0.177 e. The van der Waals surface area contributed by atoms with Crippen LogP contribution in [-0.4, -0.2) is 11.3 Å². The highest BCUT2D eigenvalue weighted by Crippen LogP contribution is 2.53. The van der Waals surface area contributed by atoms with Crippen LogP contribution in [0.15, 0.2) is 97.1 Å². The SMILES string of the molecule is CC1(C)CB(c2cc3ccccc3c3c2c2ccc4ccccc4c2n3-c2ccccc2)CC1(C)C. The van der Waals surface area contributed by atoms with Gasteiger partial charge in [-0.2, -0.15) is 0 Å². The van der Waals surface area contributed by atoms with Gasteiger partial charge in [0.2, 0.25) is 0 Å². The van der Waals surface area contributed by atoms with E-state index in [0.717, 1.165) is 0 Å². The molecule has 0 saturated carbocycles. The van der Waals surface area contributed by atoms with Crippen LogP contribution in [0.4, 0.5) is 0 Å². The molecule has 0 radical (unpaired) electrons. The zero-order valence-electron chi connectivity index (χ0n) is 21.7. The summed E-state index contributed by atoms with van der Waals surface area (Å²) in [6.07, 6.45) is 2.44. The van der Waals surface area contributed by atoms with Crippen LogP contribution in [-0.2, 0) is 0 Å². The fourth-order valence-electron chi connectivity index (χ4n) is 6.91. The number of hydrogen-bond acceptors (Lipinski definition) is 0. The minimum absolute atomic E-state index is 0.306. The molecule has 0 bridgehead atoms. The van der Waals surface area contributed by atoms with E-state index >= 15 is 0 Å². The molecule has 0 aliphatic carbocycles. The quantitative estimate of drug-likeness (QED) is 0.225. The minimum Gasteiger partial charge on any atom is -0.308 e. The van der Waals surface area contributed by atoms with Gasteiger partial charge >= 0.3 is 0 Å². The molecular weight excluding hydrogens is 433 g/mol. The van der Waals surface area contributed by atoms with Gasteiger partial charge in [-0.1, -0.05) is 131 Å². The normalized spacial score (nSPS) is 17.1. The van der Waals surface area contributed by atoms with Crippen molar-refractivity contribution in [3.63, 3.8) is 0 Å². The Hall–Kier alpha value is -3.52. The molecule has 1 aliphatic heterocycles. The second kappa shape index (κ2) is 7.49. The van der Waals surface area contributed by atoms with Gasteiger partial charge in [-0.3, -0.25) is 0 Å². The number of benzene rings is 5. The third-order valence-electron chi connectivity index (χ3n) is 9.47. The van der Waals surface area contributed by atoms with Crippen molar-refractivity contribution in [1.29, 1.82) is 0 Å². The van der Waals surface area contributed by atoms with E-state index in [1.807, 2.05) is 0 Å². The van der Waals surface area contributed by atoms with Gasteiger partial charge in [-0.15, -0.1) is 0 Å². The predicted octanol–water partition coefficient (Wildman–Crippen LogP) is 8.86. The molecule has 0 unspecified atom stereocenters. The molecule has 0 atom stereocenters. The van der Waals surface area contributed by atoms with Gasteiger partial charge in [-0.25, -0.2) is 0 Å². The Morgan fingerprint density at radius 1 is 0.583 bits per heavy atom. The Bertz CT molecular complexity index is 1770. The molecule has 7 rings (SSSR count). The maximum absolute atomic E-state index is 2.55. The van der Waals surface area contributed by atoms with Crippen molar-refractivity contribution in [1.82, 2.24) is 4.57 Å². The first-order valence-corrected chi connectivity index (χ1v) is 13.3. The third kappa shape index (κ3) is 2.97. The molecule has 176 valence electrons. The van der Waals surface area contributed by atoms with E-state index in [9.17, 15) is 0 Å². The van der Waals surface area contributed by atoms with E-state index in [-0.39, 0.29) is 0 Å². The lowest BCUT2D eigenvalue weighted by Crippen LogP contribution is -2.28. The Morgan fingerprint density at radius 2 is 1.17 bits per heavy atom. The largest absolute Gasteiger partial charge is 0.308 e. The number of rotatable bonds is 2. The van der Waals surface area contributed by atoms with Gasteiger partial charge in [0.05, 0.1) is 11.0 Å². The summed E-state index contributed by atoms with van der Waals surface area (Å²) in [6.45, 7) is 10.4. The second-order valence-electron chi connectivity index (χ2n) is 12.1. The highest BCUT2D eigenvalue weighted by molar-refractivity contribution is 6.77. The minimum atomic E-state index is 0.306. The molecule has 2 heteroatoms. The highest BCUT2D eigenvalue weighted by Gasteiger charge is 2.48. The zero-order chi connectivity index (χ0) is 24.7. The summed E-state index contributed by atoms with van der Waals surface area (Å²) in [5, 5.41) is 8.09. The number of hydrogen-bond donors (Lipinski definition) is 0. The van der Waals surface area contributed by atoms with Crippen LogP contribution in [0.1, 0.15) is 27.7 Å². The van der Waals surface area contributed by atoms with E-state index in [4.69, 9.17) is 0 Å². The van der Waals surface area contributed by atoms with Crippen molar-refractivity contribution in [2.45, 2.75) is 40.3 Å². The summed E-state index contributed by atoms with van der Waals surface area (Å²) < 4.78 is 2.55. The van der Waals surface area contributed by atoms with Crippen LogP contribution in [0.2, 0.25) is 12.6 Å². The molecule has 1 aromatic heterocycles. The highest BCUT2D eigenvalue weighted by atomic mass is 15.0. The van der Waals surface area contributed by atoms with Gasteiger partial charge in [-0.05, 0) is 33.7 Å². The lowest BCUT2D eigenvalue weighted by molar-refractivity contribution is 0.177. The van der Waals surface area contributed by atoms with E-state index in [1.165, 1.54) is 67.1 Å². The van der Waals surface area contributed by atoms with E-state index in [1.54, 1.807) is 0 Å². The summed E-state index contributed by atoms with van der Waals surface area (Å²) in [5.41, 5.74) is 6.03. The molecule has 0 spiro atoms. The van der Waals surface area contributed by atoms with Crippen molar-refractivity contribution in [2.24, 2.45) is 10.8 Å². The first-order chi connectivity index (χ1) is 17.4. The van der Waals surface area contributed by atoms with E-state index in [0.29, 0.717) is 17.5 Å². The summed E-state index contributed by atoms with van der Waals surface area (Å²) in [6, 6.07) is 36.0.